The van der Waals surface area contributed by atoms with Crippen LogP contribution in [0.1, 0.15) is 79.1 Å². The molecule has 6 atom stereocenters. The molecular formula is C27H36O5. The molecule has 0 saturated heterocycles. The van der Waals surface area contributed by atoms with E-state index < -0.39 is 5.97 Å². The Hall–Kier alpha value is -2.04. The first-order chi connectivity index (χ1) is 15.1. The van der Waals surface area contributed by atoms with Gasteiger partial charge < -0.3 is 9.53 Å². The zero-order chi connectivity index (χ0) is 23.3. The third-order valence-corrected chi connectivity index (χ3v) is 9.08. The monoisotopic (exact) mass is 440 g/mol. The lowest BCUT2D eigenvalue weighted by Gasteiger charge is -2.53. The quantitative estimate of drug-likeness (QED) is 0.439. The van der Waals surface area contributed by atoms with Crippen LogP contribution in [0.5, 0.6) is 0 Å². The first-order valence-electron chi connectivity index (χ1n) is 12.2. The zero-order valence-corrected chi connectivity index (χ0v) is 19.9. The number of Topliss-reactive ketones (excluding diaryl/α,β-unsaturated/α-hetero) is 2. The molecule has 174 valence electrons. The largest absolute Gasteiger partial charge is 0.458 e. The molecule has 0 amide bonds. The molecule has 0 aromatic heterocycles. The molecule has 0 spiro atoms. The number of fused-ring (bicyclic) bond motifs is 5. The van der Waals surface area contributed by atoms with Gasteiger partial charge in [0.2, 0.25) is 0 Å². The number of ketones is 3. The molecule has 5 heteroatoms. The highest BCUT2D eigenvalue weighted by molar-refractivity contribution is 5.92. The molecule has 0 aromatic rings. The molecule has 0 radical (unpaired) electrons. The van der Waals surface area contributed by atoms with Crippen LogP contribution in [0.4, 0.5) is 0 Å². The number of hydrogen-bond acceptors (Lipinski definition) is 5. The van der Waals surface area contributed by atoms with Crippen LogP contribution in [0.2, 0.25) is 0 Å². The molecule has 4 rings (SSSR count). The Morgan fingerprint density at radius 3 is 2.62 bits per heavy atom. The van der Waals surface area contributed by atoms with E-state index in [0.29, 0.717) is 18.3 Å². The Morgan fingerprint density at radius 2 is 1.91 bits per heavy atom. The van der Waals surface area contributed by atoms with E-state index in [4.69, 9.17) is 4.74 Å². The molecule has 4 aliphatic rings. The van der Waals surface area contributed by atoms with E-state index in [0.717, 1.165) is 32.1 Å². The predicted molar refractivity (Wildman–Crippen MR) is 121 cm³/mol. The van der Waals surface area contributed by atoms with Gasteiger partial charge in [-0.25, -0.2) is 0 Å². The molecule has 4 aliphatic carbocycles. The topological polar surface area (TPSA) is 77.5 Å². The van der Waals surface area contributed by atoms with Gasteiger partial charge in [-0.3, -0.25) is 14.4 Å². The summed E-state index contributed by atoms with van der Waals surface area (Å²) in [5, 5.41) is 0. The average molecular weight is 441 g/mol. The third-order valence-electron chi connectivity index (χ3n) is 9.08. The van der Waals surface area contributed by atoms with Crippen molar-refractivity contribution in [1.82, 2.24) is 0 Å². The fourth-order valence-electron chi connectivity index (χ4n) is 7.50. The van der Waals surface area contributed by atoms with Crippen LogP contribution >= 0.6 is 0 Å². The smallest absolute Gasteiger partial charge is 0.306 e. The van der Waals surface area contributed by atoms with Crippen LogP contribution < -0.4 is 0 Å². The van der Waals surface area contributed by atoms with E-state index in [1.807, 2.05) is 6.08 Å². The lowest BCUT2D eigenvalue weighted by molar-refractivity contribution is -0.151. The van der Waals surface area contributed by atoms with Gasteiger partial charge in [-0.15, -0.1) is 0 Å². The first kappa shape index (κ1) is 23.1. The Labute approximate surface area is 191 Å². The summed E-state index contributed by atoms with van der Waals surface area (Å²) < 4.78 is 5.25. The van der Waals surface area contributed by atoms with Gasteiger partial charge in [-0.1, -0.05) is 38.0 Å². The minimum atomic E-state index is -0.474. The normalized spacial score (nSPS) is 38.1. The number of esters is 1. The Morgan fingerprint density at radius 1 is 1.16 bits per heavy atom. The molecule has 0 aromatic carbocycles. The fourth-order valence-corrected chi connectivity index (χ4v) is 7.50. The number of hydrogen-bond donors (Lipinski definition) is 0. The zero-order valence-electron chi connectivity index (χ0n) is 19.9. The van der Waals surface area contributed by atoms with E-state index in [1.165, 1.54) is 18.1 Å². The summed E-state index contributed by atoms with van der Waals surface area (Å²) in [6.45, 7) is 7.99. The number of carbonyl (C=O) groups excluding carboxylic acids is 4. The summed E-state index contributed by atoms with van der Waals surface area (Å²) in [6, 6.07) is 0. The summed E-state index contributed by atoms with van der Waals surface area (Å²) in [5.41, 5.74) is 2.67. The second kappa shape index (κ2) is 8.39. The maximum atomic E-state index is 13.2. The van der Waals surface area contributed by atoms with Crippen LogP contribution in [0.15, 0.2) is 23.3 Å². The van der Waals surface area contributed by atoms with Crippen molar-refractivity contribution < 1.29 is 23.9 Å². The number of allylic oxidation sites excluding steroid dienone is 4. The predicted octanol–water partition coefficient (Wildman–Crippen LogP) is 4.78. The molecular weight excluding hydrogens is 404 g/mol. The van der Waals surface area contributed by atoms with E-state index >= 15 is 0 Å². The standard InChI is InChI=1S/C27H36O5/c1-16-13-22-20-7-6-18-14-19(29)9-11-26(18,3)21(20)10-12-27(22,4)25(16)23(30)15-32-24(31)8-5-17(2)28/h10,14,16,20,22,25H,5-9,11-13,15H2,1-4H3/t16-,20?,22?,25+,26-,27-/m0/s1. The molecule has 2 unspecified atom stereocenters. The Bertz CT molecular complexity index is 911. The van der Waals surface area contributed by atoms with Crippen molar-refractivity contribution in [3.63, 3.8) is 0 Å². The number of rotatable bonds is 6. The minimum absolute atomic E-state index is 0.00423. The molecule has 32 heavy (non-hydrogen) atoms. The van der Waals surface area contributed by atoms with E-state index in [1.54, 1.807) is 0 Å². The van der Waals surface area contributed by atoms with Gasteiger partial charge in [0.25, 0.3) is 0 Å². The summed E-state index contributed by atoms with van der Waals surface area (Å²) >= 11 is 0. The lowest BCUT2D eigenvalue weighted by atomic mass is 9.51. The van der Waals surface area contributed by atoms with Crippen molar-refractivity contribution in [2.45, 2.75) is 79.1 Å². The van der Waals surface area contributed by atoms with E-state index in [2.05, 4.69) is 26.8 Å². The van der Waals surface area contributed by atoms with Crippen LogP contribution in [-0.4, -0.2) is 29.9 Å². The summed E-state index contributed by atoms with van der Waals surface area (Å²) in [7, 11) is 0. The maximum absolute atomic E-state index is 13.2. The first-order valence-corrected chi connectivity index (χ1v) is 12.2. The highest BCUT2D eigenvalue weighted by atomic mass is 16.5. The molecule has 0 N–H and O–H groups in total. The van der Waals surface area contributed by atoms with Gasteiger partial charge in [-0.05, 0) is 68.3 Å². The van der Waals surface area contributed by atoms with Crippen LogP contribution in [-0.2, 0) is 23.9 Å². The van der Waals surface area contributed by atoms with Crippen molar-refractivity contribution in [2.24, 2.45) is 34.5 Å². The highest BCUT2D eigenvalue weighted by Gasteiger charge is 2.59. The summed E-state index contributed by atoms with van der Waals surface area (Å²) in [6.07, 6.45) is 9.90. The van der Waals surface area contributed by atoms with Gasteiger partial charge >= 0.3 is 5.97 Å². The van der Waals surface area contributed by atoms with Crippen molar-refractivity contribution in [2.75, 3.05) is 6.61 Å². The van der Waals surface area contributed by atoms with Gasteiger partial charge in [0.15, 0.2) is 11.6 Å². The average Bonchev–Trinajstić information content (AvgIpc) is 3.01. The Kier molecular flexibility index (Phi) is 6.06. The van der Waals surface area contributed by atoms with Crippen LogP contribution in [0.3, 0.4) is 0 Å². The second-order valence-corrected chi connectivity index (χ2v) is 11.1. The minimum Gasteiger partial charge on any atom is -0.458 e. The Balaban J connectivity index is 1.51. The van der Waals surface area contributed by atoms with Crippen molar-refractivity contribution in [1.29, 1.82) is 0 Å². The van der Waals surface area contributed by atoms with Crippen molar-refractivity contribution in [3.8, 4) is 0 Å². The summed E-state index contributed by atoms with van der Waals surface area (Å²) in [4.78, 5) is 48.3. The van der Waals surface area contributed by atoms with Crippen LogP contribution in [0, 0.1) is 34.5 Å². The molecule has 0 aliphatic heterocycles. The summed E-state index contributed by atoms with van der Waals surface area (Å²) in [5.74, 6) is 0.773. The van der Waals surface area contributed by atoms with Gasteiger partial charge in [0.1, 0.15) is 12.4 Å². The van der Waals surface area contributed by atoms with Gasteiger partial charge in [0.05, 0.1) is 6.42 Å². The van der Waals surface area contributed by atoms with Crippen LogP contribution in [0.25, 0.3) is 0 Å². The molecule has 5 nitrogen and oxygen atoms in total. The molecule has 2 fully saturated rings. The van der Waals surface area contributed by atoms with Gasteiger partial charge in [-0.2, -0.15) is 0 Å². The SMILES string of the molecule is CC(=O)CCC(=O)OCC(=O)[C@H]1[C@@H](C)CC2C3CCC4=CC(=O)CC[C@]4(C)C3=CC[C@@]21C. The maximum Gasteiger partial charge on any atom is 0.306 e. The fraction of sp³-hybridized carbons (Fsp3) is 0.704. The van der Waals surface area contributed by atoms with Crippen molar-refractivity contribution in [3.05, 3.63) is 23.3 Å². The highest BCUT2D eigenvalue weighted by Crippen LogP contribution is 2.65. The third kappa shape index (κ3) is 3.82. The molecule has 2 saturated carbocycles. The lowest BCUT2D eigenvalue weighted by Crippen LogP contribution is -2.46. The van der Waals surface area contributed by atoms with Crippen molar-refractivity contribution >= 4 is 23.3 Å². The molecule has 0 bridgehead atoms. The van der Waals surface area contributed by atoms with E-state index in [9.17, 15) is 19.2 Å². The number of carbonyl (C=O) groups is 4. The number of ether oxygens (including phenoxy) is 1. The van der Waals surface area contributed by atoms with Gasteiger partial charge in [0, 0.05) is 24.2 Å². The van der Waals surface area contributed by atoms with E-state index in [-0.39, 0.29) is 59.5 Å². The molecule has 0 heterocycles. The second-order valence-electron chi connectivity index (χ2n) is 11.1.